The zero-order valence-corrected chi connectivity index (χ0v) is 18.5. The van der Waals surface area contributed by atoms with Crippen molar-refractivity contribution in [3.8, 4) is 11.5 Å². The number of rotatable bonds is 11. The van der Waals surface area contributed by atoms with Gasteiger partial charge in [-0.25, -0.2) is 9.64 Å². The molecule has 0 radical (unpaired) electrons. The Hall–Kier alpha value is -2.57. The first-order chi connectivity index (χ1) is 14.5. The summed E-state index contributed by atoms with van der Waals surface area (Å²) in [4.78, 5) is 28.5. The number of fused-ring (bicyclic) bond motifs is 1. The zero-order valence-electron chi connectivity index (χ0n) is 16.9. The van der Waals surface area contributed by atoms with Crippen molar-refractivity contribution in [3.63, 3.8) is 0 Å². The molecular weight excluding hydrogens is 426 g/mol. The van der Waals surface area contributed by atoms with Crippen LogP contribution in [0.15, 0.2) is 44.5 Å². The van der Waals surface area contributed by atoms with Gasteiger partial charge in [0.05, 0.1) is 47.0 Å². The van der Waals surface area contributed by atoms with Crippen molar-refractivity contribution < 1.29 is 28.5 Å². The summed E-state index contributed by atoms with van der Waals surface area (Å²) < 4.78 is 22.0. The maximum Gasteiger partial charge on any atom is 0.338 e. The monoisotopic (exact) mass is 449 g/mol. The molecule has 9 heteroatoms. The molecule has 0 unspecified atom stereocenters. The van der Waals surface area contributed by atoms with Crippen molar-refractivity contribution >= 4 is 35.5 Å². The van der Waals surface area contributed by atoms with E-state index in [4.69, 9.17) is 25.5 Å². The minimum atomic E-state index is -0.674. The van der Waals surface area contributed by atoms with Crippen molar-refractivity contribution in [2.45, 2.75) is 36.5 Å². The number of hydrogen-bond donors (Lipinski definition) is 0. The molecule has 0 atom stereocenters. The largest absolute Gasteiger partial charge is 0.493 e. The number of hydrogen-bond acceptors (Lipinski definition) is 8. The van der Waals surface area contributed by atoms with Gasteiger partial charge in [-0.05, 0) is 38.8 Å². The summed E-state index contributed by atoms with van der Waals surface area (Å²) >= 11 is 2.63. The predicted molar refractivity (Wildman–Crippen MR) is 115 cm³/mol. The molecule has 0 N–H and O–H groups in total. The van der Waals surface area contributed by atoms with Gasteiger partial charge in [0.25, 0.3) is 5.70 Å². The lowest BCUT2D eigenvalue weighted by atomic mass is 10.3. The highest BCUT2D eigenvalue weighted by Crippen LogP contribution is 2.59. The third-order valence-electron chi connectivity index (χ3n) is 3.71. The topological polar surface area (TPSA) is 75.4 Å². The number of nitrogens with zero attached hydrogens (tertiary/aromatic N) is 1. The van der Waals surface area contributed by atoms with Gasteiger partial charge in [0.15, 0.2) is 0 Å². The summed E-state index contributed by atoms with van der Waals surface area (Å²) in [6.07, 6.45) is 2.15. The molecule has 1 aliphatic heterocycles. The summed E-state index contributed by atoms with van der Waals surface area (Å²) in [5, 5.41) is 0. The number of thioether (sulfide) groups is 2. The molecule has 0 bridgehead atoms. The van der Waals surface area contributed by atoms with E-state index in [1.54, 1.807) is 0 Å². The number of unbranched alkanes of at least 4 members (excludes halogenated alkanes) is 1. The van der Waals surface area contributed by atoms with E-state index in [0.717, 1.165) is 15.9 Å². The zero-order chi connectivity index (χ0) is 21.9. The maximum atomic E-state index is 12.4. The molecule has 1 aromatic carbocycles. The molecule has 1 heterocycles. The van der Waals surface area contributed by atoms with Gasteiger partial charge in [0.2, 0.25) is 0 Å². The van der Waals surface area contributed by atoms with Crippen LogP contribution in [0.5, 0.6) is 11.5 Å². The Kier molecular flexibility index (Phi) is 9.64. The molecule has 2 rings (SSSR count). The van der Waals surface area contributed by atoms with E-state index >= 15 is 0 Å². The number of carbonyl (C=O) groups is 2. The van der Waals surface area contributed by atoms with Crippen LogP contribution in [0.1, 0.15) is 26.7 Å². The van der Waals surface area contributed by atoms with Crippen LogP contribution < -0.4 is 9.47 Å². The van der Waals surface area contributed by atoms with Crippen LogP contribution in [-0.2, 0) is 19.1 Å². The van der Waals surface area contributed by atoms with Crippen LogP contribution in [0.4, 0.5) is 0 Å². The van der Waals surface area contributed by atoms with Gasteiger partial charge in [-0.2, -0.15) is 0 Å². The lowest BCUT2D eigenvalue weighted by Gasteiger charge is -2.11. The Bertz CT molecular complexity index is 838. The van der Waals surface area contributed by atoms with Gasteiger partial charge in [-0.15, -0.1) is 0 Å². The lowest BCUT2D eigenvalue weighted by Crippen LogP contribution is -2.09. The molecule has 0 aromatic heterocycles. The van der Waals surface area contributed by atoms with Crippen LogP contribution in [-0.4, -0.2) is 38.4 Å². The second-order valence-corrected chi connectivity index (χ2v) is 8.05. The number of carbonyl (C=O) groups excluding carboxylic acids is 2. The minimum Gasteiger partial charge on any atom is -0.493 e. The lowest BCUT2D eigenvalue weighted by molar-refractivity contribution is -0.140. The fourth-order valence-corrected chi connectivity index (χ4v) is 4.99. The van der Waals surface area contributed by atoms with Crippen molar-refractivity contribution in [1.82, 2.24) is 0 Å². The third-order valence-corrected chi connectivity index (χ3v) is 6.32. The second-order valence-electron chi connectivity index (χ2n) is 5.75. The first-order valence-electron chi connectivity index (χ1n) is 9.41. The molecule has 30 heavy (non-hydrogen) atoms. The van der Waals surface area contributed by atoms with E-state index < -0.39 is 11.9 Å². The average Bonchev–Trinajstić information content (AvgIpc) is 3.18. The number of esters is 2. The predicted octanol–water partition coefficient (Wildman–Crippen LogP) is 4.82. The SMILES string of the molecule is [C-]#[N+]C(C(=O)OCCCCOC(=O)C=C)=C1Sc2c(OCC)ccc(OCC)c2S1. The molecule has 7 nitrogen and oxygen atoms in total. The summed E-state index contributed by atoms with van der Waals surface area (Å²) in [6, 6.07) is 3.66. The highest BCUT2D eigenvalue weighted by Gasteiger charge is 2.31. The molecule has 0 saturated heterocycles. The Morgan fingerprint density at radius 2 is 1.57 bits per heavy atom. The van der Waals surface area contributed by atoms with Crippen LogP contribution in [0.2, 0.25) is 0 Å². The highest BCUT2D eigenvalue weighted by molar-refractivity contribution is 8.24. The summed E-state index contributed by atoms with van der Waals surface area (Å²) in [7, 11) is 0. The Balaban J connectivity index is 2.04. The van der Waals surface area contributed by atoms with E-state index in [9.17, 15) is 9.59 Å². The number of ether oxygens (including phenoxy) is 4. The fraction of sp³-hybridized carbons (Fsp3) is 0.381. The van der Waals surface area contributed by atoms with Gasteiger partial charge in [0.1, 0.15) is 11.5 Å². The van der Waals surface area contributed by atoms with Crippen LogP contribution >= 0.6 is 23.5 Å². The summed E-state index contributed by atoms with van der Waals surface area (Å²) in [6.45, 7) is 15.9. The summed E-state index contributed by atoms with van der Waals surface area (Å²) in [5.41, 5.74) is -0.0656. The molecule has 0 aliphatic carbocycles. The first kappa shape index (κ1) is 23.7. The van der Waals surface area contributed by atoms with E-state index in [-0.39, 0.29) is 18.9 Å². The quantitative estimate of drug-likeness (QED) is 0.206. The highest BCUT2D eigenvalue weighted by atomic mass is 32.2. The van der Waals surface area contributed by atoms with E-state index in [1.165, 1.54) is 23.5 Å². The van der Waals surface area contributed by atoms with Crippen LogP contribution in [0.3, 0.4) is 0 Å². The molecule has 0 fully saturated rings. The maximum absolute atomic E-state index is 12.4. The number of benzene rings is 1. The van der Waals surface area contributed by atoms with Crippen molar-refractivity contribution in [3.05, 3.63) is 46.1 Å². The fourth-order valence-electron chi connectivity index (χ4n) is 2.40. The molecule has 0 saturated carbocycles. The molecule has 0 amide bonds. The van der Waals surface area contributed by atoms with Crippen molar-refractivity contribution in [2.75, 3.05) is 26.4 Å². The van der Waals surface area contributed by atoms with E-state index in [2.05, 4.69) is 11.4 Å². The van der Waals surface area contributed by atoms with Gasteiger partial charge >= 0.3 is 11.9 Å². The van der Waals surface area contributed by atoms with Crippen molar-refractivity contribution in [1.29, 1.82) is 0 Å². The van der Waals surface area contributed by atoms with E-state index in [0.29, 0.717) is 41.8 Å². The second kappa shape index (κ2) is 12.2. The Morgan fingerprint density at radius 3 is 2.03 bits per heavy atom. The molecule has 1 aromatic rings. The van der Waals surface area contributed by atoms with Crippen LogP contribution in [0.25, 0.3) is 4.85 Å². The smallest absolute Gasteiger partial charge is 0.338 e. The standard InChI is InChI=1S/C21H23NO6S2/c1-5-16(23)27-12-8-9-13-28-20(24)17(22-4)21-29-18-14(25-6-2)10-11-15(26-7-3)19(18)30-21/h5,10-11H,1,6-9,12-13H2,2-3H3. The molecule has 160 valence electrons. The average molecular weight is 450 g/mol. The van der Waals surface area contributed by atoms with Gasteiger partial charge in [-0.1, -0.05) is 30.1 Å². The molecule has 1 aliphatic rings. The third kappa shape index (κ3) is 6.21. The summed E-state index contributed by atoms with van der Waals surface area (Å²) in [5.74, 6) is 0.219. The van der Waals surface area contributed by atoms with Crippen molar-refractivity contribution in [2.24, 2.45) is 0 Å². The Labute approximate surface area is 184 Å². The molecule has 0 spiro atoms. The first-order valence-corrected chi connectivity index (χ1v) is 11.0. The minimum absolute atomic E-state index is 0.0656. The Morgan fingerprint density at radius 1 is 1.03 bits per heavy atom. The van der Waals surface area contributed by atoms with Crippen LogP contribution in [0, 0.1) is 6.57 Å². The van der Waals surface area contributed by atoms with Gasteiger partial charge in [0, 0.05) is 6.08 Å². The van der Waals surface area contributed by atoms with Gasteiger partial charge < -0.3 is 18.9 Å². The normalized spacial score (nSPS) is 11.8. The van der Waals surface area contributed by atoms with E-state index in [1.807, 2.05) is 26.0 Å². The molecular formula is C21H23NO6S2. The van der Waals surface area contributed by atoms with Gasteiger partial charge in [-0.3, -0.25) is 4.79 Å².